The highest BCUT2D eigenvalue weighted by Crippen LogP contribution is 2.35. The Bertz CT molecular complexity index is 855. The molecule has 1 aliphatic heterocycles. The lowest BCUT2D eigenvalue weighted by molar-refractivity contribution is 0.171. The van der Waals surface area contributed by atoms with Gasteiger partial charge in [0.25, 0.3) is 10.0 Å². The third-order valence-electron chi connectivity index (χ3n) is 3.42. The van der Waals surface area contributed by atoms with E-state index < -0.39 is 10.0 Å². The lowest BCUT2D eigenvalue weighted by Crippen LogP contribution is -2.27. The molecule has 0 saturated carbocycles. The van der Waals surface area contributed by atoms with Gasteiger partial charge in [0.05, 0.1) is 15.6 Å². The SMILES string of the molecule is CN(c1cc(Cl)ccc1Cl)S(=O)(=O)c1ccc2c(c1)OCCO2. The van der Waals surface area contributed by atoms with E-state index in [1.165, 1.54) is 25.2 Å². The summed E-state index contributed by atoms with van der Waals surface area (Å²) < 4.78 is 37.5. The van der Waals surface area contributed by atoms with Crippen molar-refractivity contribution in [3.8, 4) is 11.5 Å². The Balaban J connectivity index is 2.02. The van der Waals surface area contributed by atoms with Crippen LogP contribution in [0.1, 0.15) is 0 Å². The van der Waals surface area contributed by atoms with E-state index in [0.29, 0.717) is 35.4 Å². The molecule has 5 nitrogen and oxygen atoms in total. The van der Waals surface area contributed by atoms with Crippen molar-refractivity contribution in [2.75, 3.05) is 24.6 Å². The number of halogens is 2. The zero-order chi connectivity index (χ0) is 16.6. The standard InChI is InChI=1S/C15H13Cl2NO4S/c1-18(13-8-10(16)2-4-12(13)17)23(19,20)11-3-5-14-15(9-11)22-7-6-21-14/h2-5,8-9H,6-7H2,1H3. The first kappa shape index (κ1) is 16.2. The molecule has 8 heteroatoms. The van der Waals surface area contributed by atoms with Crippen molar-refractivity contribution in [2.45, 2.75) is 4.90 Å². The number of rotatable bonds is 3. The Kier molecular flexibility index (Phi) is 4.31. The van der Waals surface area contributed by atoms with Gasteiger partial charge in [-0.25, -0.2) is 8.42 Å². The van der Waals surface area contributed by atoms with Crippen LogP contribution in [0.3, 0.4) is 0 Å². The second-order valence-electron chi connectivity index (χ2n) is 4.87. The molecular weight excluding hydrogens is 361 g/mol. The molecule has 0 N–H and O–H groups in total. The number of ether oxygens (including phenoxy) is 2. The number of anilines is 1. The van der Waals surface area contributed by atoms with Crippen LogP contribution in [0.5, 0.6) is 11.5 Å². The molecule has 0 spiro atoms. The zero-order valence-electron chi connectivity index (χ0n) is 12.1. The number of fused-ring (bicyclic) bond motifs is 1. The van der Waals surface area contributed by atoms with Gasteiger partial charge in [-0.05, 0) is 30.3 Å². The highest BCUT2D eigenvalue weighted by atomic mass is 35.5. The Morgan fingerprint density at radius 1 is 1.00 bits per heavy atom. The molecule has 2 aromatic carbocycles. The van der Waals surface area contributed by atoms with Crippen molar-refractivity contribution in [3.05, 3.63) is 46.4 Å². The maximum atomic E-state index is 12.8. The van der Waals surface area contributed by atoms with Gasteiger partial charge in [-0.15, -0.1) is 0 Å². The summed E-state index contributed by atoms with van der Waals surface area (Å²) in [6.45, 7) is 0.823. The Hall–Kier alpha value is -1.63. The van der Waals surface area contributed by atoms with Crippen molar-refractivity contribution in [1.29, 1.82) is 0 Å². The molecule has 0 aromatic heterocycles. The van der Waals surface area contributed by atoms with E-state index >= 15 is 0 Å². The van der Waals surface area contributed by atoms with Crippen LogP contribution in [0.15, 0.2) is 41.3 Å². The van der Waals surface area contributed by atoms with E-state index in [4.69, 9.17) is 32.7 Å². The predicted octanol–water partition coefficient (Wildman–Crippen LogP) is 3.59. The van der Waals surface area contributed by atoms with Gasteiger partial charge in [0, 0.05) is 18.1 Å². The molecule has 122 valence electrons. The third kappa shape index (κ3) is 3.06. The molecule has 1 heterocycles. The normalized spacial score (nSPS) is 13.7. The summed E-state index contributed by atoms with van der Waals surface area (Å²) in [7, 11) is -2.39. The summed E-state index contributed by atoms with van der Waals surface area (Å²) in [5.74, 6) is 0.932. The largest absolute Gasteiger partial charge is 0.486 e. The van der Waals surface area contributed by atoms with Gasteiger partial charge in [0.15, 0.2) is 11.5 Å². The summed E-state index contributed by atoms with van der Waals surface area (Å²) in [4.78, 5) is 0.0836. The van der Waals surface area contributed by atoms with Gasteiger partial charge >= 0.3 is 0 Å². The second-order valence-corrected chi connectivity index (χ2v) is 7.69. The van der Waals surface area contributed by atoms with Gasteiger partial charge in [0.2, 0.25) is 0 Å². The Morgan fingerprint density at radius 2 is 1.70 bits per heavy atom. The minimum Gasteiger partial charge on any atom is -0.486 e. The lowest BCUT2D eigenvalue weighted by Gasteiger charge is -2.23. The van der Waals surface area contributed by atoms with Crippen LogP contribution in [0.25, 0.3) is 0 Å². The molecule has 0 radical (unpaired) electrons. The van der Waals surface area contributed by atoms with Crippen LogP contribution >= 0.6 is 23.2 Å². The summed E-state index contributed by atoms with van der Waals surface area (Å²) in [6.07, 6.45) is 0. The Morgan fingerprint density at radius 3 is 2.43 bits per heavy atom. The monoisotopic (exact) mass is 373 g/mol. The van der Waals surface area contributed by atoms with Crippen molar-refractivity contribution in [1.82, 2.24) is 0 Å². The molecule has 0 unspecified atom stereocenters. The summed E-state index contributed by atoms with van der Waals surface area (Å²) in [6, 6.07) is 9.14. The molecule has 0 fully saturated rings. The van der Waals surface area contributed by atoms with Gasteiger partial charge < -0.3 is 9.47 Å². The molecule has 0 aliphatic carbocycles. The van der Waals surface area contributed by atoms with Crippen molar-refractivity contribution < 1.29 is 17.9 Å². The maximum absolute atomic E-state index is 12.8. The molecule has 1 aliphatic rings. The molecule has 2 aromatic rings. The van der Waals surface area contributed by atoms with Gasteiger partial charge in [0.1, 0.15) is 13.2 Å². The van der Waals surface area contributed by atoms with Crippen LogP contribution in [0.4, 0.5) is 5.69 Å². The van der Waals surface area contributed by atoms with Gasteiger partial charge in [-0.1, -0.05) is 23.2 Å². The van der Waals surface area contributed by atoms with E-state index in [0.717, 1.165) is 4.31 Å². The van der Waals surface area contributed by atoms with E-state index in [9.17, 15) is 8.42 Å². The molecular formula is C15H13Cl2NO4S. The lowest BCUT2D eigenvalue weighted by atomic mass is 10.3. The van der Waals surface area contributed by atoms with E-state index in [2.05, 4.69) is 0 Å². The molecule has 3 rings (SSSR count). The first-order chi connectivity index (χ1) is 10.9. The minimum atomic E-state index is -3.81. The maximum Gasteiger partial charge on any atom is 0.264 e. The van der Waals surface area contributed by atoms with Gasteiger partial charge in [-0.2, -0.15) is 0 Å². The Labute approximate surface area is 144 Å². The number of benzene rings is 2. The summed E-state index contributed by atoms with van der Waals surface area (Å²) in [5.41, 5.74) is 0.300. The highest BCUT2D eigenvalue weighted by Gasteiger charge is 2.25. The fraction of sp³-hybridized carbons (Fsp3) is 0.200. The fourth-order valence-corrected chi connectivity index (χ4v) is 3.88. The van der Waals surface area contributed by atoms with Crippen molar-refractivity contribution >= 4 is 38.9 Å². The zero-order valence-corrected chi connectivity index (χ0v) is 14.5. The molecule has 23 heavy (non-hydrogen) atoms. The minimum absolute atomic E-state index is 0.0836. The topological polar surface area (TPSA) is 55.8 Å². The van der Waals surface area contributed by atoms with E-state index in [1.54, 1.807) is 18.2 Å². The number of hydrogen-bond donors (Lipinski definition) is 0. The number of sulfonamides is 1. The summed E-state index contributed by atoms with van der Waals surface area (Å²) in [5, 5.41) is 0.687. The highest BCUT2D eigenvalue weighted by molar-refractivity contribution is 7.92. The molecule has 0 bridgehead atoms. The smallest absolute Gasteiger partial charge is 0.264 e. The van der Waals surface area contributed by atoms with Crippen molar-refractivity contribution in [2.24, 2.45) is 0 Å². The van der Waals surface area contributed by atoms with Crippen LogP contribution < -0.4 is 13.8 Å². The second kappa shape index (κ2) is 6.11. The van der Waals surface area contributed by atoms with E-state index in [-0.39, 0.29) is 9.92 Å². The van der Waals surface area contributed by atoms with Gasteiger partial charge in [-0.3, -0.25) is 4.31 Å². The van der Waals surface area contributed by atoms with Crippen LogP contribution in [0.2, 0.25) is 10.0 Å². The third-order valence-corrected chi connectivity index (χ3v) is 5.74. The van der Waals surface area contributed by atoms with Crippen molar-refractivity contribution in [3.63, 3.8) is 0 Å². The fourth-order valence-electron chi connectivity index (χ4n) is 2.20. The first-order valence-corrected chi connectivity index (χ1v) is 8.93. The number of nitrogens with zero attached hydrogens (tertiary/aromatic N) is 1. The average Bonchev–Trinajstić information content (AvgIpc) is 2.56. The van der Waals surface area contributed by atoms with Crippen LogP contribution in [-0.2, 0) is 10.0 Å². The first-order valence-electron chi connectivity index (χ1n) is 6.73. The molecule has 0 amide bonds. The molecule has 0 saturated heterocycles. The average molecular weight is 374 g/mol. The number of hydrogen-bond acceptors (Lipinski definition) is 4. The predicted molar refractivity (Wildman–Crippen MR) is 89.5 cm³/mol. The van der Waals surface area contributed by atoms with Crippen LogP contribution in [0, 0.1) is 0 Å². The molecule has 0 atom stereocenters. The van der Waals surface area contributed by atoms with E-state index in [1.807, 2.05) is 0 Å². The summed E-state index contributed by atoms with van der Waals surface area (Å²) >= 11 is 12.0. The van der Waals surface area contributed by atoms with Crippen LogP contribution in [-0.4, -0.2) is 28.7 Å². The quantitative estimate of drug-likeness (QED) is 0.824.